The van der Waals surface area contributed by atoms with E-state index in [2.05, 4.69) is 26.1 Å². The van der Waals surface area contributed by atoms with Gasteiger partial charge in [0.15, 0.2) is 0 Å². The highest BCUT2D eigenvalue weighted by Gasteiger charge is 2.33. The summed E-state index contributed by atoms with van der Waals surface area (Å²) in [5.41, 5.74) is 0.107. The van der Waals surface area contributed by atoms with Crippen molar-refractivity contribution in [1.29, 1.82) is 0 Å². The summed E-state index contributed by atoms with van der Waals surface area (Å²) in [4.78, 5) is 0. The summed E-state index contributed by atoms with van der Waals surface area (Å²) < 4.78 is 5.42. The molecule has 96 valence electrons. The van der Waals surface area contributed by atoms with Gasteiger partial charge in [-0.15, -0.1) is 0 Å². The van der Waals surface area contributed by atoms with Crippen LogP contribution in [0.1, 0.15) is 46.5 Å². The van der Waals surface area contributed by atoms with Gasteiger partial charge >= 0.3 is 0 Å². The van der Waals surface area contributed by atoms with Gasteiger partial charge in [0, 0.05) is 31.4 Å². The molecule has 0 amide bonds. The van der Waals surface area contributed by atoms with E-state index in [-0.39, 0.29) is 12.1 Å². The molecular weight excluding hydrogens is 202 g/mol. The van der Waals surface area contributed by atoms with E-state index in [4.69, 9.17) is 4.74 Å². The van der Waals surface area contributed by atoms with Crippen LogP contribution >= 0.6 is 0 Å². The predicted molar refractivity (Wildman–Crippen MR) is 66.5 cm³/mol. The fourth-order valence-corrected chi connectivity index (χ4v) is 2.42. The van der Waals surface area contributed by atoms with Crippen molar-refractivity contribution in [1.82, 2.24) is 5.32 Å². The number of rotatable bonds is 6. The minimum Gasteiger partial charge on any atom is -0.396 e. The van der Waals surface area contributed by atoms with E-state index in [1.165, 1.54) is 6.42 Å². The van der Waals surface area contributed by atoms with E-state index in [1.54, 1.807) is 0 Å². The van der Waals surface area contributed by atoms with Crippen molar-refractivity contribution in [3.05, 3.63) is 0 Å². The Kier molecular flexibility index (Phi) is 5.73. The molecule has 16 heavy (non-hydrogen) atoms. The summed E-state index contributed by atoms with van der Waals surface area (Å²) in [5, 5.41) is 13.0. The summed E-state index contributed by atoms with van der Waals surface area (Å²) in [6.07, 6.45) is 4.08. The minimum atomic E-state index is 0.107. The van der Waals surface area contributed by atoms with Gasteiger partial charge in [-0.25, -0.2) is 0 Å². The summed E-state index contributed by atoms with van der Waals surface area (Å²) >= 11 is 0. The Labute approximate surface area is 99.6 Å². The first kappa shape index (κ1) is 13.9. The second-order valence-electron chi connectivity index (χ2n) is 5.18. The van der Waals surface area contributed by atoms with Crippen molar-refractivity contribution in [2.45, 2.75) is 58.0 Å². The molecule has 0 aromatic carbocycles. The van der Waals surface area contributed by atoms with Crippen LogP contribution in [0.15, 0.2) is 0 Å². The van der Waals surface area contributed by atoms with Crippen LogP contribution in [0.5, 0.6) is 0 Å². The van der Waals surface area contributed by atoms with E-state index in [0.717, 1.165) is 32.5 Å². The summed E-state index contributed by atoms with van der Waals surface area (Å²) in [6, 6.07) is 0.509. The maximum atomic E-state index is 9.21. The fraction of sp³-hybridized carbons (Fsp3) is 1.00. The Bertz CT molecular complexity index is 185. The van der Waals surface area contributed by atoms with Gasteiger partial charge in [0.25, 0.3) is 0 Å². The smallest absolute Gasteiger partial charge is 0.0483 e. The van der Waals surface area contributed by atoms with Crippen LogP contribution in [0.2, 0.25) is 0 Å². The topological polar surface area (TPSA) is 41.5 Å². The number of hydrogen-bond acceptors (Lipinski definition) is 3. The molecule has 2 N–H and O–H groups in total. The zero-order valence-electron chi connectivity index (χ0n) is 11.0. The molecule has 0 bridgehead atoms. The second kappa shape index (κ2) is 6.58. The lowest BCUT2D eigenvalue weighted by Crippen LogP contribution is -2.54. The van der Waals surface area contributed by atoms with Crippen LogP contribution in [-0.4, -0.2) is 36.5 Å². The molecular formula is C13H27NO2. The molecule has 0 spiro atoms. The summed E-state index contributed by atoms with van der Waals surface area (Å²) in [6.45, 7) is 8.67. The molecule has 1 fully saturated rings. The SMILES string of the molecule is CCC(C)C(C)NC1(CCO)CCOCC1. The minimum absolute atomic E-state index is 0.107. The van der Waals surface area contributed by atoms with Gasteiger partial charge in [0.05, 0.1) is 0 Å². The number of nitrogens with one attached hydrogen (secondary N) is 1. The zero-order chi connectivity index (χ0) is 12.0. The molecule has 1 aliphatic rings. The number of hydrogen-bond donors (Lipinski definition) is 2. The number of ether oxygens (including phenoxy) is 1. The van der Waals surface area contributed by atoms with Gasteiger partial charge in [0.1, 0.15) is 0 Å². The van der Waals surface area contributed by atoms with Crippen LogP contribution in [-0.2, 0) is 4.74 Å². The second-order valence-corrected chi connectivity index (χ2v) is 5.18. The average Bonchev–Trinajstić information content (AvgIpc) is 2.29. The Balaban J connectivity index is 2.55. The van der Waals surface area contributed by atoms with E-state index in [0.29, 0.717) is 12.0 Å². The molecule has 0 aromatic heterocycles. The van der Waals surface area contributed by atoms with Crippen LogP contribution in [0.3, 0.4) is 0 Å². The normalized spacial score (nSPS) is 24.0. The Morgan fingerprint density at radius 2 is 1.94 bits per heavy atom. The molecule has 0 aromatic rings. The molecule has 0 radical (unpaired) electrons. The van der Waals surface area contributed by atoms with Crippen LogP contribution in [0.25, 0.3) is 0 Å². The maximum Gasteiger partial charge on any atom is 0.0483 e. The Morgan fingerprint density at radius 3 is 2.44 bits per heavy atom. The molecule has 1 heterocycles. The predicted octanol–water partition coefficient (Wildman–Crippen LogP) is 1.94. The van der Waals surface area contributed by atoms with Crippen molar-refractivity contribution in [2.75, 3.05) is 19.8 Å². The molecule has 1 rings (SSSR count). The lowest BCUT2D eigenvalue weighted by Gasteiger charge is -2.41. The van der Waals surface area contributed by atoms with Crippen molar-refractivity contribution < 1.29 is 9.84 Å². The molecule has 0 saturated carbocycles. The third kappa shape index (κ3) is 3.72. The summed E-state index contributed by atoms with van der Waals surface area (Å²) in [7, 11) is 0. The average molecular weight is 229 g/mol. The Hall–Kier alpha value is -0.120. The van der Waals surface area contributed by atoms with E-state index in [9.17, 15) is 5.11 Å². The standard InChI is InChI=1S/C13H27NO2/c1-4-11(2)12(3)14-13(5-8-15)6-9-16-10-7-13/h11-12,14-15H,4-10H2,1-3H3. The van der Waals surface area contributed by atoms with Gasteiger partial charge in [-0.3, -0.25) is 0 Å². The number of aliphatic hydroxyl groups is 1. The highest BCUT2D eigenvalue weighted by Crippen LogP contribution is 2.26. The lowest BCUT2D eigenvalue weighted by atomic mass is 9.84. The molecule has 3 nitrogen and oxygen atoms in total. The first-order chi connectivity index (χ1) is 7.63. The summed E-state index contributed by atoms with van der Waals surface area (Å²) in [5.74, 6) is 0.679. The van der Waals surface area contributed by atoms with Crippen LogP contribution in [0.4, 0.5) is 0 Å². The Morgan fingerprint density at radius 1 is 1.31 bits per heavy atom. The molecule has 2 atom stereocenters. The van der Waals surface area contributed by atoms with Crippen molar-refractivity contribution in [3.63, 3.8) is 0 Å². The maximum absolute atomic E-state index is 9.21. The van der Waals surface area contributed by atoms with Gasteiger partial charge in [0.2, 0.25) is 0 Å². The van der Waals surface area contributed by atoms with Gasteiger partial charge < -0.3 is 15.2 Å². The van der Waals surface area contributed by atoms with Crippen molar-refractivity contribution in [2.24, 2.45) is 5.92 Å². The highest BCUT2D eigenvalue weighted by atomic mass is 16.5. The largest absolute Gasteiger partial charge is 0.396 e. The molecule has 0 aliphatic carbocycles. The van der Waals surface area contributed by atoms with Crippen LogP contribution < -0.4 is 5.32 Å². The first-order valence-electron chi connectivity index (χ1n) is 6.60. The molecule has 1 aliphatic heterocycles. The monoisotopic (exact) mass is 229 g/mol. The fourth-order valence-electron chi connectivity index (χ4n) is 2.42. The molecule has 2 unspecified atom stereocenters. The quantitative estimate of drug-likeness (QED) is 0.731. The number of aliphatic hydroxyl groups excluding tert-OH is 1. The van der Waals surface area contributed by atoms with Crippen LogP contribution in [0, 0.1) is 5.92 Å². The van der Waals surface area contributed by atoms with Crippen molar-refractivity contribution in [3.8, 4) is 0 Å². The van der Waals surface area contributed by atoms with Gasteiger partial charge in [-0.2, -0.15) is 0 Å². The molecule has 3 heteroatoms. The molecule has 1 saturated heterocycles. The van der Waals surface area contributed by atoms with Gasteiger partial charge in [-0.05, 0) is 32.1 Å². The third-order valence-electron chi connectivity index (χ3n) is 4.07. The highest BCUT2D eigenvalue weighted by molar-refractivity contribution is 4.92. The van der Waals surface area contributed by atoms with Gasteiger partial charge in [-0.1, -0.05) is 20.3 Å². The lowest BCUT2D eigenvalue weighted by molar-refractivity contribution is 0.0201. The zero-order valence-corrected chi connectivity index (χ0v) is 11.0. The van der Waals surface area contributed by atoms with E-state index in [1.807, 2.05) is 0 Å². The first-order valence-corrected chi connectivity index (χ1v) is 6.60. The van der Waals surface area contributed by atoms with E-state index >= 15 is 0 Å². The van der Waals surface area contributed by atoms with E-state index < -0.39 is 0 Å². The van der Waals surface area contributed by atoms with Crippen molar-refractivity contribution >= 4 is 0 Å². The third-order valence-corrected chi connectivity index (χ3v) is 4.07.